The van der Waals surface area contributed by atoms with Gasteiger partial charge in [0.15, 0.2) is 0 Å². The standard InChI is InChI=1S/C19H17F3N2O/c1-12-9-14-10-13(7-8-17(14)24(12)2)11-23-18(25)15-5-3-4-6-16(15)19(20,21)22/h3-10H,11H2,1-2H3,(H,23,25). The summed E-state index contributed by atoms with van der Waals surface area (Å²) in [5, 5.41) is 3.60. The molecule has 0 atom stereocenters. The van der Waals surface area contributed by atoms with Crippen LogP contribution in [0.5, 0.6) is 0 Å². The molecular weight excluding hydrogens is 329 g/mol. The Bertz CT molecular complexity index is 941. The molecule has 0 fully saturated rings. The molecule has 0 aliphatic carbocycles. The van der Waals surface area contributed by atoms with E-state index in [-0.39, 0.29) is 12.1 Å². The van der Waals surface area contributed by atoms with Crippen LogP contribution in [0.3, 0.4) is 0 Å². The van der Waals surface area contributed by atoms with Crippen LogP contribution in [0.2, 0.25) is 0 Å². The highest BCUT2D eigenvalue weighted by Crippen LogP contribution is 2.31. The molecule has 0 unspecified atom stereocenters. The lowest BCUT2D eigenvalue weighted by atomic mass is 10.1. The highest BCUT2D eigenvalue weighted by Gasteiger charge is 2.34. The summed E-state index contributed by atoms with van der Waals surface area (Å²) in [7, 11) is 1.97. The van der Waals surface area contributed by atoms with Crippen molar-refractivity contribution >= 4 is 16.8 Å². The molecular formula is C19H17F3N2O. The first-order valence-electron chi connectivity index (χ1n) is 7.77. The van der Waals surface area contributed by atoms with Gasteiger partial charge in [-0.05, 0) is 42.8 Å². The topological polar surface area (TPSA) is 34.0 Å². The molecule has 6 heteroatoms. The summed E-state index contributed by atoms with van der Waals surface area (Å²) in [6.45, 7) is 2.16. The predicted octanol–water partition coefficient (Wildman–Crippen LogP) is 4.44. The van der Waals surface area contributed by atoms with E-state index in [9.17, 15) is 18.0 Å². The maximum absolute atomic E-state index is 13.0. The Kier molecular flexibility index (Phi) is 4.29. The van der Waals surface area contributed by atoms with Gasteiger partial charge in [-0.25, -0.2) is 0 Å². The van der Waals surface area contributed by atoms with E-state index in [0.29, 0.717) is 0 Å². The zero-order valence-electron chi connectivity index (χ0n) is 13.8. The van der Waals surface area contributed by atoms with Crippen LogP contribution in [-0.4, -0.2) is 10.5 Å². The average molecular weight is 346 g/mol. The number of nitrogens with zero attached hydrogens (tertiary/aromatic N) is 1. The molecule has 0 saturated heterocycles. The minimum absolute atomic E-state index is 0.162. The molecule has 0 bridgehead atoms. The van der Waals surface area contributed by atoms with Crippen molar-refractivity contribution in [1.82, 2.24) is 9.88 Å². The number of fused-ring (bicyclic) bond motifs is 1. The maximum Gasteiger partial charge on any atom is 0.417 e. The fraction of sp³-hybridized carbons (Fsp3) is 0.211. The lowest BCUT2D eigenvalue weighted by Crippen LogP contribution is -2.25. The number of benzene rings is 2. The predicted molar refractivity (Wildman–Crippen MR) is 90.3 cm³/mol. The van der Waals surface area contributed by atoms with Crippen LogP contribution in [0, 0.1) is 6.92 Å². The number of nitrogens with one attached hydrogen (secondary N) is 1. The zero-order chi connectivity index (χ0) is 18.2. The van der Waals surface area contributed by atoms with Gasteiger partial charge in [0, 0.05) is 30.2 Å². The Labute approximate surface area is 143 Å². The average Bonchev–Trinajstić information content (AvgIpc) is 2.86. The zero-order valence-corrected chi connectivity index (χ0v) is 13.8. The molecule has 0 radical (unpaired) electrons. The van der Waals surface area contributed by atoms with Crippen molar-refractivity contribution in [3.05, 3.63) is 70.9 Å². The first kappa shape index (κ1) is 17.1. The minimum atomic E-state index is -4.56. The number of hydrogen-bond donors (Lipinski definition) is 1. The number of hydrogen-bond acceptors (Lipinski definition) is 1. The molecule has 1 amide bonds. The van der Waals surface area contributed by atoms with Crippen LogP contribution in [0.25, 0.3) is 10.9 Å². The number of carbonyl (C=O) groups excluding carboxylic acids is 1. The lowest BCUT2D eigenvalue weighted by molar-refractivity contribution is -0.137. The number of halogens is 3. The monoisotopic (exact) mass is 346 g/mol. The van der Waals surface area contributed by atoms with Gasteiger partial charge in [0.1, 0.15) is 0 Å². The molecule has 0 spiro atoms. The molecule has 0 aliphatic rings. The van der Waals surface area contributed by atoms with E-state index in [0.717, 1.165) is 28.2 Å². The second-order valence-corrected chi connectivity index (χ2v) is 5.96. The Morgan fingerprint density at radius 3 is 2.56 bits per heavy atom. The Hall–Kier alpha value is -2.76. The van der Waals surface area contributed by atoms with Gasteiger partial charge in [0.2, 0.25) is 0 Å². The summed E-state index contributed by atoms with van der Waals surface area (Å²) in [5.41, 5.74) is 1.70. The van der Waals surface area contributed by atoms with E-state index in [1.54, 1.807) is 0 Å². The third kappa shape index (κ3) is 3.38. The SMILES string of the molecule is Cc1cc2cc(CNC(=O)c3ccccc3C(F)(F)F)ccc2n1C. The molecule has 2 aromatic carbocycles. The molecule has 1 heterocycles. The van der Waals surface area contributed by atoms with Crippen LogP contribution in [0.15, 0.2) is 48.5 Å². The quantitative estimate of drug-likeness (QED) is 0.748. The van der Waals surface area contributed by atoms with E-state index < -0.39 is 17.6 Å². The second-order valence-electron chi connectivity index (χ2n) is 5.96. The molecule has 1 aromatic heterocycles. The summed E-state index contributed by atoms with van der Waals surface area (Å²) >= 11 is 0. The molecule has 1 N–H and O–H groups in total. The summed E-state index contributed by atoms with van der Waals surface area (Å²) in [5.74, 6) is -0.739. The van der Waals surface area contributed by atoms with Crippen LogP contribution >= 0.6 is 0 Å². The molecule has 25 heavy (non-hydrogen) atoms. The van der Waals surface area contributed by atoms with E-state index in [1.165, 1.54) is 18.2 Å². The number of alkyl halides is 3. The highest BCUT2D eigenvalue weighted by molar-refractivity contribution is 5.95. The van der Waals surface area contributed by atoms with Gasteiger partial charge in [0.05, 0.1) is 11.1 Å². The van der Waals surface area contributed by atoms with Gasteiger partial charge in [-0.3, -0.25) is 4.79 Å². The number of aryl methyl sites for hydroxylation is 2. The largest absolute Gasteiger partial charge is 0.417 e. The van der Waals surface area contributed by atoms with Crippen molar-refractivity contribution in [2.75, 3.05) is 0 Å². The van der Waals surface area contributed by atoms with Gasteiger partial charge in [-0.15, -0.1) is 0 Å². The van der Waals surface area contributed by atoms with Crippen molar-refractivity contribution in [2.24, 2.45) is 7.05 Å². The summed E-state index contributed by atoms with van der Waals surface area (Å²) in [6.07, 6.45) is -4.56. The smallest absolute Gasteiger partial charge is 0.348 e. The molecule has 130 valence electrons. The van der Waals surface area contributed by atoms with Gasteiger partial charge < -0.3 is 9.88 Å². The fourth-order valence-electron chi connectivity index (χ4n) is 2.85. The Balaban J connectivity index is 1.79. The van der Waals surface area contributed by atoms with Crippen LogP contribution in [0.1, 0.15) is 27.2 Å². The first-order valence-corrected chi connectivity index (χ1v) is 7.77. The summed E-state index contributed by atoms with van der Waals surface area (Å²) in [6, 6.07) is 12.5. The van der Waals surface area contributed by atoms with E-state index in [4.69, 9.17) is 0 Å². The van der Waals surface area contributed by atoms with E-state index in [1.807, 2.05) is 38.2 Å². The lowest BCUT2D eigenvalue weighted by Gasteiger charge is -2.12. The third-order valence-electron chi connectivity index (χ3n) is 4.28. The molecule has 0 saturated carbocycles. The number of carbonyl (C=O) groups is 1. The normalized spacial score (nSPS) is 11.7. The van der Waals surface area contributed by atoms with Crippen molar-refractivity contribution in [3.8, 4) is 0 Å². The fourth-order valence-corrected chi connectivity index (χ4v) is 2.85. The van der Waals surface area contributed by atoms with Crippen molar-refractivity contribution in [3.63, 3.8) is 0 Å². The van der Waals surface area contributed by atoms with Crippen molar-refractivity contribution in [1.29, 1.82) is 0 Å². The van der Waals surface area contributed by atoms with Gasteiger partial charge in [-0.2, -0.15) is 13.2 Å². The number of rotatable bonds is 3. The maximum atomic E-state index is 13.0. The first-order chi connectivity index (χ1) is 11.8. The molecule has 3 rings (SSSR count). The minimum Gasteiger partial charge on any atom is -0.348 e. The Morgan fingerprint density at radius 2 is 1.84 bits per heavy atom. The Morgan fingerprint density at radius 1 is 1.12 bits per heavy atom. The second kappa shape index (κ2) is 6.27. The highest BCUT2D eigenvalue weighted by atomic mass is 19.4. The van der Waals surface area contributed by atoms with Crippen molar-refractivity contribution in [2.45, 2.75) is 19.6 Å². The van der Waals surface area contributed by atoms with Gasteiger partial charge >= 0.3 is 6.18 Å². The van der Waals surface area contributed by atoms with E-state index >= 15 is 0 Å². The van der Waals surface area contributed by atoms with Crippen LogP contribution in [-0.2, 0) is 19.8 Å². The number of aromatic nitrogens is 1. The van der Waals surface area contributed by atoms with E-state index in [2.05, 4.69) is 9.88 Å². The summed E-state index contributed by atoms with van der Waals surface area (Å²) < 4.78 is 41.1. The van der Waals surface area contributed by atoms with Crippen molar-refractivity contribution < 1.29 is 18.0 Å². The summed E-state index contributed by atoms with van der Waals surface area (Å²) in [4.78, 5) is 12.2. The molecule has 3 aromatic rings. The van der Waals surface area contributed by atoms with Crippen LogP contribution < -0.4 is 5.32 Å². The molecule has 0 aliphatic heterocycles. The van der Waals surface area contributed by atoms with Gasteiger partial charge in [-0.1, -0.05) is 18.2 Å². The van der Waals surface area contributed by atoms with Crippen LogP contribution in [0.4, 0.5) is 13.2 Å². The van der Waals surface area contributed by atoms with Gasteiger partial charge in [0.25, 0.3) is 5.91 Å². The third-order valence-corrected chi connectivity index (χ3v) is 4.28. The number of amides is 1. The molecule has 3 nitrogen and oxygen atoms in total.